The van der Waals surface area contributed by atoms with Gasteiger partial charge in [0.05, 0.1) is 18.0 Å². The number of aryl methyl sites for hydroxylation is 2. The van der Waals surface area contributed by atoms with E-state index in [-0.39, 0.29) is 17.9 Å². The molecule has 0 radical (unpaired) electrons. The number of hydrogen-bond acceptors (Lipinski definition) is 2. The van der Waals surface area contributed by atoms with E-state index in [1.165, 1.54) is 9.87 Å². The first-order valence-electron chi connectivity index (χ1n) is 7.31. The van der Waals surface area contributed by atoms with E-state index in [1.54, 1.807) is 12.1 Å². The van der Waals surface area contributed by atoms with E-state index in [1.807, 2.05) is 50.2 Å². The number of halogens is 1. The fraction of sp³-hybridized carbons (Fsp3) is 0.294. The van der Waals surface area contributed by atoms with Crippen LogP contribution in [0.3, 0.4) is 0 Å². The maximum Gasteiger partial charge on any atom is 0.243 e. The lowest BCUT2D eigenvalue weighted by molar-refractivity contribution is -0.509. The van der Waals surface area contributed by atoms with E-state index in [4.69, 9.17) is 0 Å². The lowest BCUT2D eigenvalue weighted by Crippen LogP contribution is -3.00. The van der Waals surface area contributed by atoms with Gasteiger partial charge in [-0.25, -0.2) is 8.42 Å². The number of rotatable bonds is 3. The van der Waals surface area contributed by atoms with Crippen LogP contribution in [0.25, 0.3) is 0 Å². The highest BCUT2D eigenvalue weighted by Gasteiger charge is 2.50. The van der Waals surface area contributed by atoms with E-state index in [0.717, 1.165) is 11.1 Å². The van der Waals surface area contributed by atoms with Crippen molar-refractivity contribution < 1.29 is 26.6 Å². The molecule has 0 spiro atoms. The molecule has 1 aliphatic heterocycles. The Labute approximate surface area is 143 Å². The Hall–Kier alpha value is -1.40. The van der Waals surface area contributed by atoms with E-state index >= 15 is 0 Å². The predicted molar refractivity (Wildman–Crippen MR) is 85.7 cm³/mol. The summed E-state index contributed by atoms with van der Waals surface area (Å²) in [5.74, 6) is 0. The SMILES string of the molecule is Cc1ccc(C2([NH3+])CN(S(=O)(=O)c3ccc(C)cc3)C2)cc1.[Cl-]. The monoisotopic (exact) mass is 352 g/mol. The molecule has 0 bridgehead atoms. The molecule has 1 aliphatic rings. The average molecular weight is 353 g/mol. The number of quaternary nitrogens is 1. The molecular weight excluding hydrogens is 332 g/mol. The highest BCUT2D eigenvalue weighted by Crippen LogP contribution is 2.32. The lowest BCUT2D eigenvalue weighted by atomic mass is 9.85. The van der Waals surface area contributed by atoms with Crippen LogP contribution in [0, 0.1) is 13.8 Å². The van der Waals surface area contributed by atoms with Gasteiger partial charge in [0, 0.05) is 5.56 Å². The molecule has 1 fully saturated rings. The van der Waals surface area contributed by atoms with Crippen molar-refractivity contribution >= 4 is 10.0 Å². The standard InChI is InChI=1S/C17H20N2O2S.ClH/c1-13-3-7-15(8-4-13)17(18)11-19(12-17)22(20,21)16-9-5-14(2)6-10-16;/h3-10H,11-12,18H2,1-2H3;1H. The van der Waals surface area contributed by atoms with Crippen molar-refractivity contribution in [2.45, 2.75) is 24.3 Å². The molecule has 0 saturated carbocycles. The summed E-state index contributed by atoms with van der Waals surface area (Å²) in [5.41, 5.74) is 7.23. The molecule has 0 aromatic heterocycles. The van der Waals surface area contributed by atoms with Crippen molar-refractivity contribution in [2.24, 2.45) is 0 Å². The molecular formula is C17H21ClN2O2S. The normalized spacial score (nSPS) is 17.2. The van der Waals surface area contributed by atoms with E-state index in [9.17, 15) is 8.42 Å². The van der Waals surface area contributed by atoms with Crippen molar-refractivity contribution in [1.29, 1.82) is 0 Å². The van der Waals surface area contributed by atoms with Crippen molar-refractivity contribution in [3.05, 3.63) is 65.2 Å². The first-order valence-corrected chi connectivity index (χ1v) is 8.75. The average Bonchev–Trinajstić information content (AvgIpc) is 2.45. The van der Waals surface area contributed by atoms with Gasteiger partial charge in [0.2, 0.25) is 10.0 Å². The van der Waals surface area contributed by atoms with Crippen molar-refractivity contribution in [3.8, 4) is 0 Å². The second-order valence-corrected chi connectivity index (χ2v) is 8.17. The maximum absolute atomic E-state index is 12.6. The van der Waals surface area contributed by atoms with Crippen LogP contribution in [0.5, 0.6) is 0 Å². The van der Waals surface area contributed by atoms with Crippen molar-refractivity contribution in [2.75, 3.05) is 13.1 Å². The van der Waals surface area contributed by atoms with Crippen molar-refractivity contribution in [3.63, 3.8) is 0 Å². The van der Waals surface area contributed by atoms with Gasteiger partial charge in [-0.15, -0.1) is 0 Å². The van der Waals surface area contributed by atoms with Crippen LogP contribution in [0.1, 0.15) is 16.7 Å². The van der Waals surface area contributed by atoms with E-state index < -0.39 is 10.0 Å². The number of sulfonamides is 1. The van der Waals surface area contributed by atoms with Crippen LogP contribution in [0.4, 0.5) is 0 Å². The number of hydrogen-bond donors (Lipinski definition) is 1. The third-order valence-corrected chi connectivity index (χ3v) is 6.09. The Morgan fingerprint density at radius 3 is 1.83 bits per heavy atom. The first kappa shape index (κ1) is 17.9. The maximum atomic E-state index is 12.6. The molecule has 0 aliphatic carbocycles. The molecule has 2 aromatic rings. The van der Waals surface area contributed by atoms with Crippen LogP contribution in [-0.2, 0) is 15.6 Å². The molecule has 0 unspecified atom stereocenters. The van der Waals surface area contributed by atoms with Gasteiger partial charge in [0.25, 0.3) is 0 Å². The minimum atomic E-state index is -3.41. The van der Waals surface area contributed by atoms with Gasteiger partial charge >= 0.3 is 0 Å². The van der Waals surface area contributed by atoms with Gasteiger partial charge < -0.3 is 18.1 Å². The summed E-state index contributed by atoms with van der Waals surface area (Å²) >= 11 is 0. The highest BCUT2D eigenvalue weighted by molar-refractivity contribution is 7.89. The van der Waals surface area contributed by atoms with Crippen molar-refractivity contribution in [1.82, 2.24) is 4.31 Å². The van der Waals surface area contributed by atoms with Crippen LogP contribution in [0.2, 0.25) is 0 Å². The summed E-state index contributed by atoms with van der Waals surface area (Å²) in [6.45, 7) is 4.82. The zero-order valence-electron chi connectivity index (χ0n) is 13.3. The number of nitrogens with zero attached hydrogens (tertiary/aromatic N) is 1. The topological polar surface area (TPSA) is 65.0 Å². The molecule has 0 amide bonds. The third-order valence-electron chi connectivity index (χ3n) is 4.28. The molecule has 3 N–H and O–H groups in total. The Morgan fingerprint density at radius 1 is 0.913 bits per heavy atom. The predicted octanol–water partition coefficient (Wildman–Crippen LogP) is -1.55. The number of benzene rings is 2. The molecule has 6 heteroatoms. The molecule has 2 aromatic carbocycles. The smallest absolute Gasteiger partial charge is 0.243 e. The minimum Gasteiger partial charge on any atom is -1.00 e. The van der Waals surface area contributed by atoms with Crippen LogP contribution in [0.15, 0.2) is 53.4 Å². The highest BCUT2D eigenvalue weighted by atomic mass is 35.5. The summed E-state index contributed by atoms with van der Waals surface area (Å²) in [4.78, 5) is 0.351. The van der Waals surface area contributed by atoms with Crippen LogP contribution in [-0.4, -0.2) is 25.8 Å². The van der Waals surface area contributed by atoms with E-state index in [0.29, 0.717) is 18.0 Å². The fourth-order valence-electron chi connectivity index (χ4n) is 2.75. The minimum absolute atomic E-state index is 0. The zero-order valence-corrected chi connectivity index (χ0v) is 14.9. The Morgan fingerprint density at radius 2 is 1.35 bits per heavy atom. The summed E-state index contributed by atoms with van der Waals surface area (Å²) in [6.07, 6.45) is 0. The summed E-state index contributed by atoms with van der Waals surface area (Å²) in [5, 5.41) is 0. The Bertz CT molecular complexity index is 780. The third kappa shape index (κ3) is 3.28. The van der Waals surface area contributed by atoms with E-state index in [2.05, 4.69) is 5.73 Å². The largest absolute Gasteiger partial charge is 1.00 e. The lowest BCUT2D eigenvalue weighted by Gasteiger charge is -2.43. The molecule has 1 heterocycles. The Balaban J connectivity index is 0.00000192. The summed E-state index contributed by atoms with van der Waals surface area (Å²) in [7, 11) is -3.41. The summed E-state index contributed by atoms with van der Waals surface area (Å²) < 4.78 is 26.7. The van der Waals surface area contributed by atoms with Gasteiger partial charge in [0.1, 0.15) is 5.54 Å². The quantitative estimate of drug-likeness (QED) is 0.727. The van der Waals surface area contributed by atoms with Crippen LogP contribution < -0.4 is 18.1 Å². The molecule has 1 saturated heterocycles. The van der Waals surface area contributed by atoms with Gasteiger partial charge in [-0.1, -0.05) is 47.5 Å². The first-order chi connectivity index (χ1) is 10.3. The zero-order chi connectivity index (χ0) is 16.0. The Kier molecular flexibility index (Phi) is 4.87. The van der Waals surface area contributed by atoms with Crippen LogP contribution >= 0.6 is 0 Å². The molecule has 124 valence electrons. The fourth-order valence-corrected chi connectivity index (χ4v) is 4.36. The molecule has 0 atom stereocenters. The summed E-state index contributed by atoms with van der Waals surface area (Å²) in [6, 6.07) is 15.1. The van der Waals surface area contributed by atoms with Gasteiger partial charge in [0.15, 0.2) is 0 Å². The molecule has 23 heavy (non-hydrogen) atoms. The molecule has 4 nitrogen and oxygen atoms in total. The molecule has 3 rings (SSSR count). The van der Waals surface area contributed by atoms with Gasteiger partial charge in [-0.3, -0.25) is 0 Å². The second kappa shape index (κ2) is 6.24. The van der Waals surface area contributed by atoms with Gasteiger partial charge in [-0.2, -0.15) is 4.31 Å². The second-order valence-electron chi connectivity index (χ2n) is 6.23. The van der Waals surface area contributed by atoms with Gasteiger partial charge in [-0.05, 0) is 26.0 Å².